The standard InChI is InChI=1S/C9H8N2O5/c10-11-8(14)6-4(3-12)1-2-5(13)7(6)9(15)16/h1-3,13H,10H2,(H,11,14)(H,15,16). The fourth-order valence-electron chi connectivity index (χ4n) is 1.24. The van der Waals surface area contributed by atoms with Crippen molar-refractivity contribution < 1.29 is 24.6 Å². The molecule has 0 bridgehead atoms. The topological polar surface area (TPSA) is 130 Å². The Balaban J connectivity index is 3.61. The number of rotatable bonds is 3. The average molecular weight is 224 g/mol. The number of carbonyl (C=O) groups excluding carboxylic acids is 2. The molecule has 1 rings (SSSR count). The summed E-state index contributed by atoms with van der Waals surface area (Å²) >= 11 is 0. The number of phenols is 1. The Bertz CT molecular complexity index is 469. The van der Waals surface area contributed by atoms with Gasteiger partial charge in [0.1, 0.15) is 11.3 Å². The van der Waals surface area contributed by atoms with Gasteiger partial charge in [-0.25, -0.2) is 10.6 Å². The second-order valence-electron chi connectivity index (χ2n) is 2.82. The van der Waals surface area contributed by atoms with Gasteiger partial charge in [-0.3, -0.25) is 15.0 Å². The number of nitrogens with two attached hydrogens (primary N) is 1. The molecular weight excluding hydrogens is 216 g/mol. The highest BCUT2D eigenvalue weighted by Crippen LogP contribution is 2.23. The van der Waals surface area contributed by atoms with E-state index in [2.05, 4.69) is 0 Å². The molecule has 0 heterocycles. The van der Waals surface area contributed by atoms with Gasteiger partial charge in [-0.05, 0) is 12.1 Å². The van der Waals surface area contributed by atoms with Crippen molar-refractivity contribution >= 4 is 18.2 Å². The van der Waals surface area contributed by atoms with Gasteiger partial charge in [0.15, 0.2) is 6.29 Å². The molecule has 7 heteroatoms. The van der Waals surface area contributed by atoms with E-state index in [9.17, 15) is 19.5 Å². The Morgan fingerprint density at radius 3 is 2.38 bits per heavy atom. The van der Waals surface area contributed by atoms with Crippen LogP contribution in [0.15, 0.2) is 12.1 Å². The number of carboxylic acids is 1. The molecule has 7 nitrogen and oxygen atoms in total. The number of hydrogen-bond donors (Lipinski definition) is 4. The van der Waals surface area contributed by atoms with Crippen LogP contribution in [0.25, 0.3) is 0 Å². The van der Waals surface area contributed by atoms with Crippen LogP contribution in [0.3, 0.4) is 0 Å². The van der Waals surface area contributed by atoms with Crippen LogP contribution >= 0.6 is 0 Å². The SMILES string of the molecule is NNC(=O)c1c(C=O)ccc(O)c1C(=O)O. The van der Waals surface area contributed by atoms with Gasteiger partial charge >= 0.3 is 5.97 Å². The first-order chi connectivity index (χ1) is 7.52. The van der Waals surface area contributed by atoms with E-state index < -0.39 is 28.8 Å². The van der Waals surface area contributed by atoms with Crippen molar-refractivity contribution in [2.45, 2.75) is 0 Å². The molecule has 0 saturated carbocycles. The Hall–Kier alpha value is -2.41. The first-order valence-electron chi connectivity index (χ1n) is 4.08. The maximum absolute atomic E-state index is 11.3. The van der Waals surface area contributed by atoms with Crippen LogP contribution in [0.4, 0.5) is 0 Å². The number of aromatic hydroxyl groups is 1. The summed E-state index contributed by atoms with van der Waals surface area (Å²) in [7, 11) is 0. The second kappa shape index (κ2) is 4.41. The molecule has 0 spiro atoms. The number of hydrogen-bond acceptors (Lipinski definition) is 5. The molecular formula is C9H8N2O5. The van der Waals surface area contributed by atoms with E-state index in [1.165, 1.54) is 0 Å². The Morgan fingerprint density at radius 2 is 1.94 bits per heavy atom. The largest absolute Gasteiger partial charge is 0.507 e. The van der Waals surface area contributed by atoms with E-state index in [1.807, 2.05) is 0 Å². The number of hydrazine groups is 1. The molecule has 5 N–H and O–H groups in total. The number of nitrogens with one attached hydrogen (secondary N) is 1. The Kier molecular flexibility index (Phi) is 3.21. The van der Waals surface area contributed by atoms with E-state index in [4.69, 9.17) is 10.9 Å². The van der Waals surface area contributed by atoms with Gasteiger partial charge in [-0.15, -0.1) is 0 Å². The fourth-order valence-corrected chi connectivity index (χ4v) is 1.24. The van der Waals surface area contributed by atoms with Gasteiger partial charge in [-0.2, -0.15) is 0 Å². The third kappa shape index (κ3) is 1.84. The minimum atomic E-state index is -1.53. The lowest BCUT2D eigenvalue weighted by atomic mass is 10.00. The number of aldehydes is 1. The van der Waals surface area contributed by atoms with Crippen LogP contribution in [-0.2, 0) is 0 Å². The first kappa shape index (κ1) is 11.7. The van der Waals surface area contributed by atoms with Crippen LogP contribution in [-0.4, -0.2) is 28.4 Å². The van der Waals surface area contributed by atoms with Gasteiger partial charge < -0.3 is 10.2 Å². The molecule has 84 valence electrons. The van der Waals surface area contributed by atoms with Crippen LogP contribution in [0.5, 0.6) is 5.75 Å². The van der Waals surface area contributed by atoms with E-state index in [-0.39, 0.29) is 5.56 Å². The van der Waals surface area contributed by atoms with Crippen LogP contribution < -0.4 is 11.3 Å². The summed E-state index contributed by atoms with van der Waals surface area (Å²) in [6.45, 7) is 0. The smallest absolute Gasteiger partial charge is 0.340 e. The lowest BCUT2D eigenvalue weighted by molar-refractivity contribution is 0.0687. The van der Waals surface area contributed by atoms with Crippen molar-refractivity contribution in [1.82, 2.24) is 5.43 Å². The number of amides is 1. The van der Waals surface area contributed by atoms with Crippen molar-refractivity contribution in [3.63, 3.8) is 0 Å². The van der Waals surface area contributed by atoms with Crippen LogP contribution in [0.2, 0.25) is 0 Å². The second-order valence-corrected chi connectivity index (χ2v) is 2.82. The minimum absolute atomic E-state index is 0.168. The monoisotopic (exact) mass is 224 g/mol. The van der Waals surface area contributed by atoms with Crippen molar-refractivity contribution in [3.05, 3.63) is 28.8 Å². The number of carbonyl (C=O) groups is 3. The van der Waals surface area contributed by atoms with Gasteiger partial charge in [-0.1, -0.05) is 0 Å². The van der Waals surface area contributed by atoms with Crippen LogP contribution in [0.1, 0.15) is 31.1 Å². The molecule has 0 aromatic heterocycles. The molecule has 0 unspecified atom stereocenters. The predicted octanol–water partition coefficient (Wildman–Crippen LogP) is -0.494. The van der Waals surface area contributed by atoms with Crippen LogP contribution in [0, 0.1) is 0 Å². The van der Waals surface area contributed by atoms with Crippen molar-refractivity contribution in [2.24, 2.45) is 5.84 Å². The summed E-state index contributed by atoms with van der Waals surface area (Å²) in [6, 6.07) is 2.14. The average Bonchev–Trinajstić information content (AvgIpc) is 2.27. The highest BCUT2D eigenvalue weighted by atomic mass is 16.4. The zero-order valence-electron chi connectivity index (χ0n) is 7.93. The van der Waals surface area contributed by atoms with Gasteiger partial charge in [0.25, 0.3) is 5.91 Å². The molecule has 0 atom stereocenters. The highest BCUT2D eigenvalue weighted by Gasteiger charge is 2.23. The Labute approximate surface area is 89.5 Å². The van der Waals surface area contributed by atoms with Crippen molar-refractivity contribution in [3.8, 4) is 5.75 Å². The summed E-state index contributed by atoms with van der Waals surface area (Å²) in [5.41, 5.74) is 0.411. The predicted molar refractivity (Wildman–Crippen MR) is 52.1 cm³/mol. The first-order valence-corrected chi connectivity index (χ1v) is 4.08. The lowest BCUT2D eigenvalue weighted by Crippen LogP contribution is -2.32. The number of aromatic carboxylic acids is 1. The normalized spacial score (nSPS) is 9.56. The zero-order chi connectivity index (χ0) is 12.3. The maximum atomic E-state index is 11.3. The van der Waals surface area contributed by atoms with Gasteiger partial charge in [0, 0.05) is 5.56 Å². The molecule has 0 saturated heterocycles. The summed E-state index contributed by atoms with van der Waals surface area (Å²) in [4.78, 5) is 32.8. The quantitative estimate of drug-likeness (QED) is 0.237. The summed E-state index contributed by atoms with van der Waals surface area (Å²) in [5, 5.41) is 18.1. The molecule has 0 fully saturated rings. The van der Waals surface area contributed by atoms with E-state index in [0.717, 1.165) is 12.1 Å². The molecule has 0 aliphatic rings. The fraction of sp³-hybridized carbons (Fsp3) is 0. The van der Waals surface area contributed by atoms with Gasteiger partial charge in [0.2, 0.25) is 0 Å². The Morgan fingerprint density at radius 1 is 1.31 bits per heavy atom. The molecule has 0 aliphatic carbocycles. The van der Waals surface area contributed by atoms with Crippen molar-refractivity contribution in [1.29, 1.82) is 0 Å². The van der Waals surface area contributed by atoms with E-state index in [1.54, 1.807) is 5.43 Å². The van der Waals surface area contributed by atoms with E-state index >= 15 is 0 Å². The summed E-state index contributed by atoms with van der Waals surface area (Å²) in [5.74, 6) is 1.75. The molecule has 1 amide bonds. The maximum Gasteiger partial charge on any atom is 0.340 e. The molecule has 1 aromatic carbocycles. The zero-order valence-corrected chi connectivity index (χ0v) is 7.93. The van der Waals surface area contributed by atoms with Gasteiger partial charge in [0.05, 0.1) is 5.56 Å². The third-order valence-corrected chi connectivity index (χ3v) is 1.91. The molecule has 1 aromatic rings. The van der Waals surface area contributed by atoms with E-state index in [0.29, 0.717) is 6.29 Å². The number of benzene rings is 1. The molecule has 0 radical (unpaired) electrons. The minimum Gasteiger partial charge on any atom is -0.507 e. The number of carboxylic acid groups (broad SMARTS) is 1. The number of nitrogen functional groups attached to an aromatic ring is 1. The summed E-state index contributed by atoms with van der Waals surface area (Å²) in [6.07, 6.45) is 0.302. The highest BCUT2D eigenvalue weighted by molar-refractivity contribution is 6.10. The third-order valence-electron chi connectivity index (χ3n) is 1.91. The van der Waals surface area contributed by atoms with Crippen molar-refractivity contribution in [2.75, 3.05) is 0 Å². The molecule has 16 heavy (non-hydrogen) atoms. The molecule has 0 aliphatic heterocycles. The summed E-state index contributed by atoms with van der Waals surface area (Å²) < 4.78 is 0. The lowest BCUT2D eigenvalue weighted by Gasteiger charge is -2.08.